The maximum Gasteiger partial charge on any atom is 0.255 e. The van der Waals surface area contributed by atoms with Gasteiger partial charge < -0.3 is 14.4 Å². The predicted molar refractivity (Wildman–Crippen MR) is 84.4 cm³/mol. The molecule has 2 atom stereocenters. The number of hydrogen-bond donors (Lipinski definition) is 0. The van der Waals surface area contributed by atoms with Crippen molar-refractivity contribution in [1.29, 1.82) is 0 Å². The predicted octanol–water partition coefficient (Wildman–Crippen LogP) is 0.585. The van der Waals surface area contributed by atoms with Crippen molar-refractivity contribution in [2.45, 2.75) is 12.1 Å². The summed E-state index contributed by atoms with van der Waals surface area (Å²) in [4.78, 5) is 22.7. The minimum absolute atomic E-state index is 0.00869. The van der Waals surface area contributed by atoms with E-state index in [0.717, 1.165) is 6.20 Å². The van der Waals surface area contributed by atoms with E-state index in [9.17, 15) is 9.18 Å². The minimum atomic E-state index is -0.506. The van der Waals surface area contributed by atoms with Gasteiger partial charge in [0.2, 0.25) is 5.95 Å². The summed E-state index contributed by atoms with van der Waals surface area (Å²) in [6, 6.07) is 2.86. The Hall–Kier alpha value is -2.32. The molecule has 2 aromatic rings. The summed E-state index contributed by atoms with van der Waals surface area (Å²) in [6.07, 6.45) is 2.56. The molecule has 126 valence electrons. The van der Waals surface area contributed by atoms with Gasteiger partial charge in [-0.2, -0.15) is 0 Å². The molecule has 2 fully saturated rings. The number of rotatable bonds is 2. The van der Waals surface area contributed by atoms with Gasteiger partial charge in [-0.25, -0.2) is 9.37 Å². The molecule has 2 aliphatic heterocycles. The third-order valence-electron chi connectivity index (χ3n) is 4.48. The van der Waals surface area contributed by atoms with Crippen molar-refractivity contribution in [3.05, 3.63) is 40.7 Å². The van der Waals surface area contributed by atoms with Crippen LogP contribution in [0.1, 0.15) is 0 Å². The molecule has 0 bridgehead atoms. The molecule has 4 heterocycles. The molecule has 0 aliphatic carbocycles. The second kappa shape index (κ2) is 5.95. The molecular formula is C16H17FN4O3. The standard InChI is InChI=1S/C16H17FN4O3/c1-20-15(22)6-12(10-2-3-18-7-11(10)17)19-16(20)21-4-5-24-14-9-23-8-13(14)21/h2-3,6-7,13-14H,4-5,8-9H2,1H3/t13-,14-/m0/s1. The van der Waals surface area contributed by atoms with Crippen molar-refractivity contribution in [3.8, 4) is 11.3 Å². The number of hydrogen-bond acceptors (Lipinski definition) is 6. The lowest BCUT2D eigenvalue weighted by molar-refractivity contribution is 0.0217. The Kier molecular flexibility index (Phi) is 3.78. The molecule has 2 aliphatic rings. The number of anilines is 1. The number of halogens is 1. The Bertz CT molecular complexity index is 825. The molecule has 24 heavy (non-hydrogen) atoms. The monoisotopic (exact) mass is 332 g/mol. The van der Waals surface area contributed by atoms with Gasteiger partial charge in [0.15, 0.2) is 5.82 Å². The summed E-state index contributed by atoms with van der Waals surface area (Å²) in [5.41, 5.74) is 0.319. The Labute approximate surface area is 137 Å². The normalized spacial score (nSPS) is 23.3. The average molecular weight is 332 g/mol. The van der Waals surface area contributed by atoms with Crippen LogP contribution in [0.4, 0.5) is 10.3 Å². The third-order valence-corrected chi connectivity index (χ3v) is 4.48. The summed E-state index contributed by atoms with van der Waals surface area (Å²) >= 11 is 0. The Balaban J connectivity index is 1.81. The van der Waals surface area contributed by atoms with E-state index in [-0.39, 0.29) is 23.3 Å². The third kappa shape index (κ3) is 2.47. The summed E-state index contributed by atoms with van der Waals surface area (Å²) in [5.74, 6) is -0.00855. The van der Waals surface area contributed by atoms with Crippen molar-refractivity contribution < 1.29 is 13.9 Å². The molecule has 0 unspecified atom stereocenters. The topological polar surface area (TPSA) is 69.5 Å². The lowest BCUT2D eigenvalue weighted by Gasteiger charge is -2.37. The van der Waals surface area contributed by atoms with Gasteiger partial charge >= 0.3 is 0 Å². The zero-order valence-electron chi connectivity index (χ0n) is 13.2. The zero-order chi connectivity index (χ0) is 16.7. The van der Waals surface area contributed by atoms with Crippen LogP contribution in [0, 0.1) is 5.82 Å². The molecule has 0 saturated carbocycles. The van der Waals surface area contributed by atoms with Gasteiger partial charge in [-0.15, -0.1) is 0 Å². The van der Waals surface area contributed by atoms with E-state index in [1.54, 1.807) is 7.05 Å². The van der Waals surface area contributed by atoms with Crippen LogP contribution in [0.25, 0.3) is 11.3 Å². The van der Waals surface area contributed by atoms with Crippen LogP contribution in [0.2, 0.25) is 0 Å². The number of fused-ring (bicyclic) bond motifs is 1. The van der Waals surface area contributed by atoms with Gasteiger partial charge in [-0.1, -0.05) is 0 Å². The van der Waals surface area contributed by atoms with Crippen molar-refractivity contribution >= 4 is 5.95 Å². The molecule has 4 rings (SSSR count). The molecule has 2 aromatic heterocycles. The Morgan fingerprint density at radius 1 is 1.38 bits per heavy atom. The first-order chi connectivity index (χ1) is 11.6. The second-order valence-corrected chi connectivity index (χ2v) is 5.90. The van der Waals surface area contributed by atoms with Crippen LogP contribution in [0.15, 0.2) is 29.3 Å². The van der Waals surface area contributed by atoms with E-state index in [1.807, 2.05) is 4.90 Å². The van der Waals surface area contributed by atoms with Gasteiger partial charge in [0.05, 0.1) is 37.8 Å². The zero-order valence-corrected chi connectivity index (χ0v) is 13.2. The minimum Gasteiger partial charge on any atom is -0.376 e. The van der Waals surface area contributed by atoms with Crippen LogP contribution in [-0.2, 0) is 16.5 Å². The quantitative estimate of drug-likeness (QED) is 0.802. The van der Waals surface area contributed by atoms with E-state index in [0.29, 0.717) is 38.0 Å². The number of morpholine rings is 1. The molecule has 0 radical (unpaired) electrons. The Morgan fingerprint density at radius 2 is 2.25 bits per heavy atom. The summed E-state index contributed by atoms with van der Waals surface area (Å²) < 4.78 is 26.7. The SMILES string of the molecule is Cn1c(N2CCO[C@H]3COC[C@@H]32)nc(-c2ccncc2F)cc1=O. The summed E-state index contributed by atoms with van der Waals surface area (Å²) in [6.45, 7) is 2.20. The van der Waals surface area contributed by atoms with E-state index in [4.69, 9.17) is 9.47 Å². The van der Waals surface area contributed by atoms with Crippen LogP contribution < -0.4 is 10.5 Å². The van der Waals surface area contributed by atoms with Gasteiger partial charge in [-0.05, 0) is 6.07 Å². The van der Waals surface area contributed by atoms with E-state index in [2.05, 4.69) is 9.97 Å². The molecule has 0 aromatic carbocycles. The van der Waals surface area contributed by atoms with E-state index < -0.39 is 5.82 Å². The van der Waals surface area contributed by atoms with Crippen molar-refractivity contribution in [2.24, 2.45) is 7.05 Å². The van der Waals surface area contributed by atoms with Gasteiger partial charge in [0, 0.05) is 31.4 Å². The largest absolute Gasteiger partial charge is 0.376 e. The van der Waals surface area contributed by atoms with Gasteiger partial charge in [-0.3, -0.25) is 14.3 Å². The first kappa shape index (κ1) is 15.2. The highest BCUT2D eigenvalue weighted by atomic mass is 19.1. The van der Waals surface area contributed by atoms with E-state index >= 15 is 0 Å². The Morgan fingerprint density at radius 3 is 3.08 bits per heavy atom. The lowest BCUT2D eigenvalue weighted by Crippen LogP contribution is -2.52. The first-order valence-corrected chi connectivity index (χ1v) is 7.79. The molecular weight excluding hydrogens is 315 g/mol. The highest BCUT2D eigenvalue weighted by molar-refractivity contribution is 5.60. The average Bonchev–Trinajstić information content (AvgIpc) is 3.06. The maximum atomic E-state index is 14.0. The fourth-order valence-corrected chi connectivity index (χ4v) is 3.19. The lowest BCUT2D eigenvalue weighted by atomic mass is 10.1. The maximum absolute atomic E-state index is 14.0. The molecule has 8 heteroatoms. The number of pyridine rings is 1. The van der Waals surface area contributed by atoms with Crippen LogP contribution in [-0.4, -0.2) is 53.0 Å². The van der Waals surface area contributed by atoms with Crippen LogP contribution in [0.3, 0.4) is 0 Å². The molecule has 7 nitrogen and oxygen atoms in total. The number of ether oxygens (including phenoxy) is 2. The number of aromatic nitrogens is 3. The molecule has 0 spiro atoms. The van der Waals surface area contributed by atoms with E-state index in [1.165, 1.54) is 22.9 Å². The first-order valence-electron chi connectivity index (χ1n) is 7.79. The smallest absolute Gasteiger partial charge is 0.255 e. The molecule has 0 amide bonds. The fraction of sp³-hybridized carbons (Fsp3) is 0.438. The molecule has 2 saturated heterocycles. The van der Waals surface area contributed by atoms with Crippen LogP contribution in [0.5, 0.6) is 0 Å². The molecule has 0 N–H and O–H groups in total. The fourth-order valence-electron chi connectivity index (χ4n) is 3.19. The van der Waals surface area contributed by atoms with Crippen LogP contribution >= 0.6 is 0 Å². The highest BCUT2D eigenvalue weighted by Gasteiger charge is 2.38. The second-order valence-electron chi connectivity index (χ2n) is 5.90. The summed E-state index contributed by atoms with van der Waals surface area (Å²) in [7, 11) is 1.66. The van der Waals surface area contributed by atoms with Crippen molar-refractivity contribution in [1.82, 2.24) is 14.5 Å². The van der Waals surface area contributed by atoms with Gasteiger partial charge in [0.25, 0.3) is 5.56 Å². The van der Waals surface area contributed by atoms with Crippen molar-refractivity contribution in [3.63, 3.8) is 0 Å². The van der Waals surface area contributed by atoms with Gasteiger partial charge in [0.1, 0.15) is 6.10 Å². The summed E-state index contributed by atoms with van der Waals surface area (Å²) in [5, 5.41) is 0. The number of nitrogens with zero attached hydrogens (tertiary/aromatic N) is 4. The van der Waals surface area contributed by atoms with Crippen molar-refractivity contribution in [2.75, 3.05) is 31.3 Å². The highest BCUT2D eigenvalue weighted by Crippen LogP contribution is 2.27.